The minimum atomic E-state index is 0. The van der Waals surface area contributed by atoms with Crippen LogP contribution < -0.4 is 10.6 Å². The third kappa shape index (κ3) is 5.45. The van der Waals surface area contributed by atoms with Crippen LogP contribution in [0.2, 0.25) is 0 Å². The van der Waals surface area contributed by atoms with Gasteiger partial charge in [-0.2, -0.15) is 0 Å². The second-order valence-corrected chi connectivity index (χ2v) is 6.75. The number of benzene rings is 1. The van der Waals surface area contributed by atoms with E-state index >= 15 is 0 Å². The lowest BCUT2D eigenvalue weighted by Crippen LogP contribution is -2.38. The summed E-state index contributed by atoms with van der Waals surface area (Å²) in [6.07, 6.45) is 2.07. The number of imidazole rings is 1. The van der Waals surface area contributed by atoms with Gasteiger partial charge in [0.25, 0.3) is 0 Å². The molecule has 0 aliphatic carbocycles. The van der Waals surface area contributed by atoms with Crippen LogP contribution in [0.25, 0.3) is 5.65 Å². The zero-order valence-electron chi connectivity index (χ0n) is 16.4. The number of aliphatic imine (C=N–C) groups is 1. The summed E-state index contributed by atoms with van der Waals surface area (Å²) in [5, 5.41) is 6.75. The highest BCUT2D eigenvalue weighted by Gasteiger charge is 2.08. The quantitative estimate of drug-likeness (QED) is 0.332. The molecule has 5 nitrogen and oxygen atoms in total. The fraction of sp³-hybridized carbons (Fsp3) is 0.333. The lowest BCUT2D eigenvalue weighted by molar-refractivity contribution is 0.697. The van der Waals surface area contributed by atoms with Crippen molar-refractivity contribution < 1.29 is 0 Å². The third-order valence-electron chi connectivity index (χ3n) is 4.59. The minimum Gasteiger partial charge on any atom is -0.356 e. The average molecular weight is 477 g/mol. The summed E-state index contributed by atoms with van der Waals surface area (Å²) < 4.78 is 2.10. The van der Waals surface area contributed by atoms with Gasteiger partial charge in [-0.1, -0.05) is 42.8 Å². The smallest absolute Gasteiger partial charge is 0.191 e. The number of pyridine rings is 1. The summed E-state index contributed by atoms with van der Waals surface area (Å²) in [4.78, 5) is 8.97. The van der Waals surface area contributed by atoms with Crippen LogP contribution in [-0.2, 0) is 6.54 Å². The van der Waals surface area contributed by atoms with E-state index in [9.17, 15) is 0 Å². The van der Waals surface area contributed by atoms with Gasteiger partial charge in [-0.15, -0.1) is 24.0 Å². The van der Waals surface area contributed by atoms with Gasteiger partial charge in [0.2, 0.25) is 0 Å². The predicted molar refractivity (Wildman–Crippen MR) is 123 cm³/mol. The van der Waals surface area contributed by atoms with Crippen LogP contribution in [0.3, 0.4) is 0 Å². The number of guanidine groups is 1. The maximum Gasteiger partial charge on any atom is 0.191 e. The van der Waals surface area contributed by atoms with Crippen molar-refractivity contribution in [2.24, 2.45) is 4.99 Å². The monoisotopic (exact) mass is 477 g/mol. The van der Waals surface area contributed by atoms with Gasteiger partial charge in [-0.05, 0) is 37.5 Å². The molecule has 0 aliphatic heterocycles. The zero-order chi connectivity index (χ0) is 18.5. The molecule has 3 rings (SSSR count). The number of aryl methyl sites for hydroxylation is 2. The van der Waals surface area contributed by atoms with E-state index in [4.69, 9.17) is 0 Å². The van der Waals surface area contributed by atoms with Gasteiger partial charge in [0.1, 0.15) is 5.65 Å². The minimum absolute atomic E-state index is 0. The summed E-state index contributed by atoms with van der Waals surface area (Å²) in [5.74, 6) is 1.20. The van der Waals surface area contributed by atoms with Crippen molar-refractivity contribution in [2.45, 2.75) is 33.2 Å². The molecule has 0 aliphatic rings. The predicted octanol–water partition coefficient (Wildman–Crippen LogP) is 4.04. The van der Waals surface area contributed by atoms with Crippen molar-refractivity contribution in [3.05, 3.63) is 71.2 Å². The summed E-state index contributed by atoms with van der Waals surface area (Å²) in [5.41, 5.74) is 5.77. The van der Waals surface area contributed by atoms with Gasteiger partial charge in [0, 0.05) is 25.5 Å². The number of hydrogen-bond acceptors (Lipinski definition) is 2. The molecule has 0 saturated heterocycles. The Morgan fingerprint density at radius 2 is 1.93 bits per heavy atom. The molecule has 2 N–H and O–H groups in total. The fourth-order valence-corrected chi connectivity index (χ4v) is 3.02. The highest BCUT2D eigenvalue weighted by molar-refractivity contribution is 14.0. The van der Waals surface area contributed by atoms with Crippen molar-refractivity contribution >= 4 is 35.6 Å². The third-order valence-corrected chi connectivity index (χ3v) is 4.59. The average Bonchev–Trinajstić information content (AvgIpc) is 3.06. The van der Waals surface area contributed by atoms with Gasteiger partial charge in [0.05, 0.1) is 12.2 Å². The summed E-state index contributed by atoms with van der Waals surface area (Å²) in [6, 6.07) is 14.8. The molecule has 0 radical (unpaired) electrons. The van der Waals surface area contributed by atoms with Crippen LogP contribution in [0, 0.1) is 13.8 Å². The van der Waals surface area contributed by atoms with Crippen LogP contribution in [0.15, 0.2) is 53.7 Å². The molecule has 144 valence electrons. The van der Waals surface area contributed by atoms with Crippen molar-refractivity contribution in [3.63, 3.8) is 0 Å². The Morgan fingerprint density at radius 3 is 2.63 bits per heavy atom. The molecule has 1 atom stereocenters. The first-order valence-electron chi connectivity index (χ1n) is 9.01. The van der Waals surface area contributed by atoms with E-state index in [2.05, 4.69) is 82.3 Å². The molecule has 0 bridgehead atoms. The lowest BCUT2D eigenvalue weighted by Gasteiger charge is -2.16. The molecule has 1 aromatic carbocycles. The van der Waals surface area contributed by atoms with Gasteiger partial charge < -0.3 is 15.0 Å². The van der Waals surface area contributed by atoms with Crippen LogP contribution in [0.1, 0.15) is 35.4 Å². The first-order chi connectivity index (χ1) is 12.6. The second-order valence-electron chi connectivity index (χ2n) is 6.75. The molecular formula is C21H28IN5. The number of halogens is 1. The molecule has 0 saturated carbocycles. The van der Waals surface area contributed by atoms with Gasteiger partial charge >= 0.3 is 0 Å². The zero-order valence-corrected chi connectivity index (χ0v) is 18.7. The van der Waals surface area contributed by atoms with Crippen molar-refractivity contribution in [1.82, 2.24) is 20.0 Å². The highest BCUT2D eigenvalue weighted by atomic mass is 127. The van der Waals surface area contributed by atoms with Crippen LogP contribution in [0.5, 0.6) is 0 Å². The van der Waals surface area contributed by atoms with Crippen molar-refractivity contribution in [2.75, 3.05) is 13.6 Å². The highest BCUT2D eigenvalue weighted by Crippen LogP contribution is 2.15. The Labute approximate surface area is 178 Å². The van der Waals surface area contributed by atoms with Gasteiger partial charge in [0.15, 0.2) is 5.96 Å². The number of nitrogens with zero attached hydrogens (tertiary/aromatic N) is 3. The fourth-order valence-electron chi connectivity index (χ4n) is 3.02. The van der Waals surface area contributed by atoms with E-state index in [0.29, 0.717) is 12.5 Å². The van der Waals surface area contributed by atoms with Gasteiger partial charge in [-0.25, -0.2) is 4.98 Å². The summed E-state index contributed by atoms with van der Waals surface area (Å²) >= 11 is 0. The normalized spacial score (nSPS) is 12.5. The molecule has 0 fully saturated rings. The maximum absolute atomic E-state index is 4.65. The van der Waals surface area contributed by atoms with E-state index in [-0.39, 0.29) is 24.0 Å². The lowest BCUT2D eigenvalue weighted by atomic mass is 9.99. The Balaban J connectivity index is 0.00000261. The SMILES string of the molecule is CN=C(NCc1cn2c(C)cccc2n1)NCC(C)c1cccc(C)c1.I. The molecule has 3 aromatic rings. The molecule has 2 aromatic heterocycles. The van der Waals surface area contributed by atoms with E-state index in [0.717, 1.165) is 23.8 Å². The topological polar surface area (TPSA) is 53.7 Å². The number of fused-ring (bicyclic) bond motifs is 1. The Morgan fingerprint density at radius 1 is 1.15 bits per heavy atom. The Kier molecular flexibility index (Phi) is 7.65. The number of rotatable bonds is 5. The molecular weight excluding hydrogens is 449 g/mol. The Hall–Kier alpha value is -2.09. The molecule has 2 heterocycles. The van der Waals surface area contributed by atoms with Gasteiger partial charge in [-0.3, -0.25) is 4.99 Å². The van der Waals surface area contributed by atoms with E-state index < -0.39 is 0 Å². The molecule has 0 spiro atoms. The molecule has 1 unspecified atom stereocenters. The van der Waals surface area contributed by atoms with E-state index in [1.165, 1.54) is 16.8 Å². The standard InChI is InChI=1S/C21H27N5.HI/c1-15-7-5-9-18(11-15)16(2)12-23-21(22-4)24-13-19-14-26-17(3)8-6-10-20(26)25-19;/h5-11,14,16H,12-13H2,1-4H3,(H2,22,23,24);1H. The number of hydrogen-bond donors (Lipinski definition) is 2. The first kappa shape index (κ1) is 21.2. The van der Waals surface area contributed by atoms with Crippen molar-refractivity contribution in [3.8, 4) is 0 Å². The Bertz CT molecular complexity index is 916. The molecule has 27 heavy (non-hydrogen) atoms. The first-order valence-corrected chi connectivity index (χ1v) is 9.01. The van der Waals surface area contributed by atoms with Crippen LogP contribution >= 0.6 is 24.0 Å². The largest absolute Gasteiger partial charge is 0.356 e. The molecule has 6 heteroatoms. The van der Waals surface area contributed by atoms with E-state index in [1.807, 2.05) is 12.1 Å². The molecule has 0 amide bonds. The maximum atomic E-state index is 4.65. The number of aromatic nitrogens is 2. The summed E-state index contributed by atoms with van der Waals surface area (Å²) in [6.45, 7) is 7.90. The van der Waals surface area contributed by atoms with Crippen molar-refractivity contribution in [1.29, 1.82) is 0 Å². The van der Waals surface area contributed by atoms with Crippen LogP contribution in [-0.4, -0.2) is 28.9 Å². The van der Waals surface area contributed by atoms with E-state index in [1.54, 1.807) is 7.05 Å². The van der Waals surface area contributed by atoms with Crippen LogP contribution in [0.4, 0.5) is 0 Å². The summed E-state index contributed by atoms with van der Waals surface area (Å²) in [7, 11) is 1.79. The second kappa shape index (κ2) is 9.73. The number of nitrogens with one attached hydrogen (secondary N) is 2.